The zero-order chi connectivity index (χ0) is 16.9. The highest BCUT2D eigenvalue weighted by Gasteiger charge is 2.26. The number of aromatic nitrogens is 1. The molecule has 0 radical (unpaired) electrons. The Balaban J connectivity index is 1.53. The smallest absolute Gasteiger partial charge is 0.223 e. The predicted octanol–water partition coefficient (Wildman–Crippen LogP) is 4.27. The summed E-state index contributed by atoms with van der Waals surface area (Å²) in [5.74, 6) is 0.427. The van der Waals surface area contributed by atoms with E-state index in [1.54, 1.807) is 23.5 Å². The topological polar surface area (TPSA) is 50.3 Å². The summed E-state index contributed by atoms with van der Waals surface area (Å²) in [6.45, 7) is 1.51. The molecule has 0 aliphatic carbocycles. The number of amides is 1. The van der Waals surface area contributed by atoms with E-state index in [-0.39, 0.29) is 24.5 Å². The summed E-state index contributed by atoms with van der Waals surface area (Å²) in [4.78, 5) is 30.9. The van der Waals surface area contributed by atoms with Crippen LogP contribution in [-0.4, -0.2) is 34.7 Å². The van der Waals surface area contributed by atoms with Gasteiger partial charge in [-0.25, -0.2) is 4.98 Å². The molecule has 0 saturated carbocycles. The molecule has 0 bridgehead atoms. The van der Waals surface area contributed by atoms with Gasteiger partial charge in [-0.05, 0) is 25.0 Å². The van der Waals surface area contributed by atoms with Crippen LogP contribution in [0.1, 0.15) is 47.0 Å². The first-order valence-corrected chi connectivity index (χ1v) is 9.76. The van der Waals surface area contributed by atoms with Crippen LogP contribution in [0, 0.1) is 0 Å². The molecule has 1 aromatic heterocycles. The third-order valence-electron chi connectivity index (χ3n) is 4.31. The zero-order valence-corrected chi connectivity index (χ0v) is 15.7. The highest BCUT2D eigenvalue weighted by atomic mass is 79.9. The standard InChI is InChI=1S/C18H19BrN2O2S/c19-15-5-3-13(4-6-15)16(22)7-8-17(23)21-10-1-2-14(12-21)18-20-9-11-24-18/h3-6,9,11,14H,1-2,7-8,10,12H2. The Bertz CT molecular complexity index is 700. The van der Waals surface area contributed by atoms with Gasteiger partial charge in [-0.15, -0.1) is 11.3 Å². The monoisotopic (exact) mass is 406 g/mol. The lowest BCUT2D eigenvalue weighted by molar-refractivity contribution is -0.132. The molecule has 126 valence electrons. The molecule has 2 aromatic rings. The van der Waals surface area contributed by atoms with E-state index in [0.717, 1.165) is 35.4 Å². The second kappa shape index (κ2) is 8.03. The Morgan fingerprint density at radius 3 is 2.75 bits per heavy atom. The SMILES string of the molecule is O=C(CCC(=O)N1CCCC(c2nccs2)C1)c1ccc(Br)cc1. The summed E-state index contributed by atoms with van der Waals surface area (Å²) in [5.41, 5.74) is 0.658. The van der Waals surface area contributed by atoms with Crippen LogP contribution in [0.4, 0.5) is 0 Å². The number of halogens is 1. The second-order valence-electron chi connectivity index (χ2n) is 5.98. The number of likely N-dealkylation sites (tertiary alicyclic amines) is 1. The van der Waals surface area contributed by atoms with E-state index in [0.29, 0.717) is 11.5 Å². The van der Waals surface area contributed by atoms with Crippen molar-refractivity contribution < 1.29 is 9.59 Å². The number of nitrogens with zero attached hydrogens (tertiary/aromatic N) is 2. The fourth-order valence-corrected chi connectivity index (χ4v) is 4.03. The largest absolute Gasteiger partial charge is 0.342 e. The van der Waals surface area contributed by atoms with Gasteiger partial charge in [-0.3, -0.25) is 9.59 Å². The van der Waals surface area contributed by atoms with Crippen LogP contribution in [0.3, 0.4) is 0 Å². The molecule has 1 fully saturated rings. The molecule has 1 unspecified atom stereocenters. The highest BCUT2D eigenvalue weighted by molar-refractivity contribution is 9.10. The van der Waals surface area contributed by atoms with Crippen molar-refractivity contribution >= 4 is 39.0 Å². The average molecular weight is 407 g/mol. The number of benzene rings is 1. The van der Waals surface area contributed by atoms with Crippen LogP contribution >= 0.6 is 27.3 Å². The number of piperidine rings is 1. The van der Waals surface area contributed by atoms with Gasteiger partial charge in [0.15, 0.2) is 5.78 Å². The molecule has 0 spiro atoms. The molecule has 3 rings (SSSR count). The molecular formula is C18H19BrN2O2S. The van der Waals surface area contributed by atoms with Gasteiger partial charge in [0.25, 0.3) is 0 Å². The molecule has 6 heteroatoms. The van der Waals surface area contributed by atoms with Gasteiger partial charge in [0.1, 0.15) is 0 Å². The number of hydrogen-bond acceptors (Lipinski definition) is 4. The number of carbonyl (C=O) groups is 2. The minimum Gasteiger partial charge on any atom is -0.342 e. The van der Waals surface area contributed by atoms with Gasteiger partial charge in [0, 0.05) is 53.5 Å². The fourth-order valence-electron chi connectivity index (χ4n) is 3.00. The van der Waals surface area contributed by atoms with Gasteiger partial charge in [0.2, 0.25) is 5.91 Å². The van der Waals surface area contributed by atoms with Gasteiger partial charge in [-0.2, -0.15) is 0 Å². The highest BCUT2D eigenvalue weighted by Crippen LogP contribution is 2.28. The maximum Gasteiger partial charge on any atom is 0.223 e. The minimum atomic E-state index is 0.0179. The maximum absolute atomic E-state index is 12.5. The summed E-state index contributed by atoms with van der Waals surface area (Å²) in [6.07, 6.45) is 4.43. The molecule has 1 atom stereocenters. The summed E-state index contributed by atoms with van der Waals surface area (Å²) in [7, 11) is 0. The van der Waals surface area contributed by atoms with Crippen molar-refractivity contribution in [3.63, 3.8) is 0 Å². The lowest BCUT2D eigenvalue weighted by Crippen LogP contribution is -2.39. The van der Waals surface area contributed by atoms with E-state index in [4.69, 9.17) is 0 Å². The molecule has 4 nitrogen and oxygen atoms in total. The lowest BCUT2D eigenvalue weighted by atomic mass is 9.98. The Labute approximate surface area is 154 Å². The summed E-state index contributed by atoms with van der Waals surface area (Å²) in [5, 5.41) is 3.09. The Morgan fingerprint density at radius 2 is 2.04 bits per heavy atom. The zero-order valence-electron chi connectivity index (χ0n) is 13.3. The van der Waals surface area contributed by atoms with E-state index >= 15 is 0 Å². The van der Waals surface area contributed by atoms with Crippen molar-refractivity contribution in [1.82, 2.24) is 9.88 Å². The van der Waals surface area contributed by atoms with Crippen LogP contribution in [-0.2, 0) is 4.79 Å². The third kappa shape index (κ3) is 4.30. The Kier molecular flexibility index (Phi) is 5.79. The molecule has 1 aliphatic rings. The summed E-state index contributed by atoms with van der Waals surface area (Å²) in [6, 6.07) is 7.27. The average Bonchev–Trinajstić information content (AvgIpc) is 3.15. The van der Waals surface area contributed by atoms with Crippen molar-refractivity contribution in [3.05, 3.63) is 50.9 Å². The number of Topliss-reactive ketones (excluding diaryl/α,β-unsaturated/α-hetero) is 1. The summed E-state index contributed by atoms with van der Waals surface area (Å²) >= 11 is 5.01. The van der Waals surface area contributed by atoms with Crippen LogP contribution in [0.5, 0.6) is 0 Å². The second-order valence-corrected chi connectivity index (χ2v) is 7.82. The van der Waals surface area contributed by atoms with Gasteiger partial charge >= 0.3 is 0 Å². The quantitative estimate of drug-likeness (QED) is 0.696. The van der Waals surface area contributed by atoms with E-state index < -0.39 is 0 Å². The Hall–Kier alpha value is -1.53. The maximum atomic E-state index is 12.5. The molecular weight excluding hydrogens is 388 g/mol. The summed E-state index contributed by atoms with van der Waals surface area (Å²) < 4.78 is 0.941. The van der Waals surface area contributed by atoms with Crippen molar-refractivity contribution in [2.75, 3.05) is 13.1 Å². The van der Waals surface area contributed by atoms with E-state index in [1.807, 2.05) is 28.6 Å². The number of thiazole rings is 1. The van der Waals surface area contributed by atoms with Crippen LogP contribution in [0.15, 0.2) is 40.3 Å². The van der Waals surface area contributed by atoms with Crippen LogP contribution in [0.25, 0.3) is 0 Å². The number of carbonyl (C=O) groups excluding carboxylic acids is 2. The molecule has 1 saturated heterocycles. The van der Waals surface area contributed by atoms with Gasteiger partial charge in [-0.1, -0.05) is 28.1 Å². The number of hydrogen-bond donors (Lipinski definition) is 0. The molecule has 1 aliphatic heterocycles. The number of rotatable bonds is 5. The molecule has 1 amide bonds. The van der Waals surface area contributed by atoms with E-state index in [9.17, 15) is 9.59 Å². The molecule has 1 aromatic carbocycles. The van der Waals surface area contributed by atoms with Gasteiger partial charge in [0.05, 0.1) is 5.01 Å². The first-order valence-electron chi connectivity index (χ1n) is 8.09. The minimum absolute atomic E-state index is 0.0179. The van der Waals surface area contributed by atoms with Crippen molar-refractivity contribution in [2.24, 2.45) is 0 Å². The molecule has 24 heavy (non-hydrogen) atoms. The van der Waals surface area contributed by atoms with Gasteiger partial charge < -0.3 is 4.90 Å². The molecule has 2 heterocycles. The molecule has 0 N–H and O–H groups in total. The fraction of sp³-hybridized carbons (Fsp3) is 0.389. The normalized spacial score (nSPS) is 17.7. The van der Waals surface area contributed by atoms with Crippen LogP contribution in [0.2, 0.25) is 0 Å². The van der Waals surface area contributed by atoms with Crippen molar-refractivity contribution in [1.29, 1.82) is 0 Å². The van der Waals surface area contributed by atoms with Crippen molar-refractivity contribution in [2.45, 2.75) is 31.6 Å². The number of ketones is 1. The first kappa shape index (κ1) is 17.3. The Morgan fingerprint density at radius 1 is 1.25 bits per heavy atom. The first-order chi connectivity index (χ1) is 11.6. The van der Waals surface area contributed by atoms with E-state index in [2.05, 4.69) is 20.9 Å². The lowest BCUT2D eigenvalue weighted by Gasteiger charge is -2.31. The predicted molar refractivity (Wildman–Crippen MR) is 98.4 cm³/mol. The van der Waals surface area contributed by atoms with Crippen molar-refractivity contribution in [3.8, 4) is 0 Å². The third-order valence-corrected chi connectivity index (χ3v) is 5.77. The van der Waals surface area contributed by atoms with Crippen LogP contribution < -0.4 is 0 Å². The van der Waals surface area contributed by atoms with E-state index in [1.165, 1.54) is 0 Å².